The van der Waals surface area contributed by atoms with Crippen molar-refractivity contribution < 1.29 is 14.3 Å². The third-order valence-corrected chi connectivity index (χ3v) is 6.78. The Balaban J connectivity index is 1.47. The van der Waals surface area contributed by atoms with Crippen molar-refractivity contribution in [3.63, 3.8) is 0 Å². The number of thioether (sulfide) groups is 1. The summed E-state index contributed by atoms with van der Waals surface area (Å²) in [6.45, 7) is 2.56. The molecule has 0 unspecified atom stereocenters. The van der Waals surface area contributed by atoms with E-state index in [-0.39, 0.29) is 11.4 Å². The minimum absolute atomic E-state index is 0.109. The van der Waals surface area contributed by atoms with Gasteiger partial charge in [-0.3, -0.25) is 4.79 Å². The normalized spacial score (nSPS) is 16.5. The molecule has 1 aliphatic heterocycles. The first-order valence-electron chi connectivity index (χ1n) is 10.6. The molecule has 7 heteroatoms. The van der Waals surface area contributed by atoms with Crippen molar-refractivity contribution in [3.05, 3.63) is 92.8 Å². The number of benzene rings is 3. The lowest BCUT2D eigenvalue weighted by Crippen LogP contribution is -2.30. The Bertz CT molecular complexity index is 1150. The summed E-state index contributed by atoms with van der Waals surface area (Å²) in [6, 6.07) is 22.0. The van der Waals surface area contributed by atoms with Crippen molar-refractivity contribution in [2.75, 3.05) is 12.4 Å². The van der Waals surface area contributed by atoms with Crippen LogP contribution in [0.5, 0.6) is 11.5 Å². The molecule has 5 nitrogen and oxygen atoms in total. The highest BCUT2D eigenvalue weighted by molar-refractivity contribution is 9.10. The minimum atomic E-state index is -0.227. The van der Waals surface area contributed by atoms with Crippen LogP contribution in [0.25, 0.3) is 6.08 Å². The Labute approximate surface area is 206 Å². The van der Waals surface area contributed by atoms with Crippen molar-refractivity contribution in [2.45, 2.75) is 25.4 Å². The van der Waals surface area contributed by atoms with Gasteiger partial charge in [0.1, 0.15) is 6.61 Å². The lowest BCUT2D eigenvalue weighted by Gasteiger charge is -2.14. The maximum Gasteiger partial charge on any atom is 0.260 e. The first kappa shape index (κ1) is 23.3. The number of carbonyl (C=O) groups is 1. The quantitative estimate of drug-likeness (QED) is 0.343. The van der Waals surface area contributed by atoms with E-state index in [1.807, 2.05) is 60.7 Å². The standard InChI is InChI=1S/C26H25BrN2O3S/c1-3-17-9-11-20(12-10-17)28-26-29-25(30)23(33-26)15-19-13-21(27)24(22(14-19)31-2)32-16-18-7-5-4-6-8-18/h4-15,26,28H,3,16H2,1-2H3,(H,29,30)/b23-15-/t26-/m0/s1. The van der Waals surface area contributed by atoms with Crippen molar-refractivity contribution in [1.29, 1.82) is 0 Å². The van der Waals surface area contributed by atoms with Gasteiger partial charge in [0.2, 0.25) is 0 Å². The molecule has 0 radical (unpaired) electrons. The van der Waals surface area contributed by atoms with E-state index in [0.29, 0.717) is 23.0 Å². The van der Waals surface area contributed by atoms with Crippen LogP contribution < -0.4 is 20.1 Å². The molecule has 3 aromatic rings. The Hall–Kier alpha value is -2.90. The van der Waals surface area contributed by atoms with Crippen LogP contribution in [-0.4, -0.2) is 18.5 Å². The molecule has 0 aromatic heterocycles. The average Bonchev–Trinajstić information content (AvgIpc) is 3.17. The number of halogens is 1. The number of aryl methyl sites for hydroxylation is 1. The van der Waals surface area contributed by atoms with E-state index in [0.717, 1.165) is 27.7 Å². The van der Waals surface area contributed by atoms with Crippen LogP contribution in [0, 0.1) is 0 Å². The molecule has 2 N–H and O–H groups in total. The van der Waals surface area contributed by atoms with Crippen LogP contribution >= 0.6 is 27.7 Å². The zero-order chi connectivity index (χ0) is 23.2. The van der Waals surface area contributed by atoms with E-state index in [4.69, 9.17) is 9.47 Å². The van der Waals surface area contributed by atoms with Gasteiger partial charge in [0.15, 0.2) is 17.0 Å². The summed E-state index contributed by atoms with van der Waals surface area (Å²) in [5.74, 6) is 1.12. The predicted molar refractivity (Wildman–Crippen MR) is 138 cm³/mol. The lowest BCUT2D eigenvalue weighted by atomic mass is 10.1. The Morgan fingerprint density at radius 3 is 2.55 bits per heavy atom. The second kappa shape index (κ2) is 10.8. The fraction of sp³-hybridized carbons (Fsp3) is 0.192. The highest BCUT2D eigenvalue weighted by atomic mass is 79.9. The van der Waals surface area contributed by atoms with Gasteiger partial charge in [0.25, 0.3) is 5.91 Å². The van der Waals surface area contributed by atoms with Crippen LogP contribution in [0.3, 0.4) is 0 Å². The lowest BCUT2D eigenvalue weighted by molar-refractivity contribution is -0.116. The molecule has 1 atom stereocenters. The van der Waals surface area contributed by atoms with Gasteiger partial charge in [0, 0.05) is 5.69 Å². The van der Waals surface area contributed by atoms with Crippen LogP contribution in [0.4, 0.5) is 5.69 Å². The molecular weight excluding hydrogens is 500 g/mol. The molecule has 170 valence electrons. The van der Waals surface area contributed by atoms with E-state index in [1.165, 1.54) is 17.3 Å². The summed E-state index contributed by atoms with van der Waals surface area (Å²) in [7, 11) is 1.61. The van der Waals surface area contributed by atoms with E-state index in [9.17, 15) is 4.79 Å². The number of hydrogen-bond donors (Lipinski definition) is 2. The summed E-state index contributed by atoms with van der Waals surface area (Å²) in [6.07, 6.45) is 2.85. The zero-order valence-electron chi connectivity index (χ0n) is 18.4. The summed E-state index contributed by atoms with van der Waals surface area (Å²) < 4.78 is 12.3. The second-order valence-corrected chi connectivity index (χ2v) is 9.48. The molecule has 1 aliphatic rings. The third kappa shape index (κ3) is 5.92. The monoisotopic (exact) mass is 524 g/mol. The molecule has 0 saturated carbocycles. The van der Waals surface area contributed by atoms with Crippen molar-refractivity contribution >= 4 is 45.4 Å². The number of amides is 1. The van der Waals surface area contributed by atoms with Gasteiger partial charge in [-0.05, 0) is 69.4 Å². The first-order valence-corrected chi connectivity index (χ1v) is 12.3. The Kier molecular flexibility index (Phi) is 7.62. The number of anilines is 1. The molecular formula is C26H25BrN2O3S. The zero-order valence-corrected chi connectivity index (χ0v) is 20.8. The number of nitrogens with one attached hydrogen (secondary N) is 2. The third-order valence-electron chi connectivity index (χ3n) is 5.17. The van der Waals surface area contributed by atoms with Crippen molar-refractivity contribution in [3.8, 4) is 11.5 Å². The Morgan fingerprint density at radius 1 is 1.09 bits per heavy atom. The smallest absolute Gasteiger partial charge is 0.260 e. The van der Waals surface area contributed by atoms with Gasteiger partial charge >= 0.3 is 0 Å². The molecule has 0 bridgehead atoms. The van der Waals surface area contributed by atoms with E-state index >= 15 is 0 Å². The molecule has 1 amide bonds. The van der Waals surface area contributed by atoms with Gasteiger partial charge < -0.3 is 20.1 Å². The van der Waals surface area contributed by atoms with Gasteiger partial charge in [-0.2, -0.15) is 0 Å². The fourth-order valence-corrected chi connectivity index (χ4v) is 4.96. The van der Waals surface area contributed by atoms with E-state index in [1.54, 1.807) is 7.11 Å². The van der Waals surface area contributed by atoms with Gasteiger partial charge in [-0.25, -0.2) is 0 Å². The number of rotatable bonds is 8. The maximum absolute atomic E-state index is 12.5. The largest absolute Gasteiger partial charge is 0.493 e. The van der Waals surface area contributed by atoms with E-state index in [2.05, 4.69) is 45.6 Å². The van der Waals surface area contributed by atoms with Crippen LogP contribution in [0.15, 0.2) is 76.1 Å². The highest BCUT2D eigenvalue weighted by Gasteiger charge is 2.27. The summed E-state index contributed by atoms with van der Waals surface area (Å²) in [4.78, 5) is 13.2. The summed E-state index contributed by atoms with van der Waals surface area (Å²) in [5.41, 5.74) is 3.93. The fourth-order valence-electron chi connectivity index (χ4n) is 3.40. The number of ether oxygens (including phenoxy) is 2. The first-order chi connectivity index (χ1) is 16.1. The molecule has 33 heavy (non-hydrogen) atoms. The minimum Gasteiger partial charge on any atom is -0.493 e. The van der Waals surface area contributed by atoms with Crippen molar-refractivity contribution in [2.24, 2.45) is 0 Å². The van der Waals surface area contributed by atoms with E-state index < -0.39 is 0 Å². The van der Waals surface area contributed by atoms with Gasteiger partial charge in [0.05, 0.1) is 16.5 Å². The summed E-state index contributed by atoms with van der Waals surface area (Å²) >= 11 is 5.04. The predicted octanol–water partition coefficient (Wildman–Crippen LogP) is 6.20. The van der Waals surface area contributed by atoms with Crippen molar-refractivity contribution in [1.82, 2.24) is 5.32 Å². The topological polar surface area (TPSA) is 59.6 Å². The summed E-state index contributed by atoms with van der Waals surface area (Å²) in [5, 5.41) is 6.32. The van der Waals surface area contributed by atoms with Gasteiger partial charge in [-0.15, -0.1) is 0 Å². The molecule has 3 aromatic carbocycles. The van der Waals surface area contributed by atoms with Crippen LogP contribution in [0.2, 0.25) is 0 Å². The molecule has 0 aliphatic carbocycles. The number of hydrogen-bond acceptors (Lipinski definition) is 5. The van der Waals surface area contributed by atoms with Crippen LogP contribution in [0.1, 0.15) is 23.6 Å². The van der Waals surface area contributed by atoms with Crippen LogP contribution in [-0.2, 0) is 17.8 Å². The number of methoxy groups -OCH3 is 1. The molecule has 1 heterocycles. The molecule has 1 saturated heterocycles. The van der Waals surface area contributed by atoms with Gasteiger partial charge in [-0.1, -0.05) is 61.2 Å². The molecule has 4 rings (SSSR count). The maximum atomic E-state index is 12.5. The Morgan fingerprint density at radius 2 is 1.85 bits per heavy atom. The second-order valence-electron chi connectivity index (χ2n) is 7.48. The molecule has 0 spiro atoms. The molecule has 1 fully saturated rings. The highest BCUT2D eigenvalue weighted by Crippen LogP contribution is 2.39. The average molecular weight is 525 g/mol. The SMILES string of the molecule is CCc1ccc(N[C@H]2NC(=O)/C(=C/c3cc(Br)c(OCc4ccccc4)c(OC)c3)S2)cc1. The number of carbonyl (C=O) groups excluding carboxylic acids is 1.